The number of carbonyl (C=O) groups excluding carboxylic acids is 1. The second-order valence-electron chi connectivity index (χ2n) is 5.82. The van der Waals surface area contributed by atoms with Crippen LogP contribution in [0.1, 0.15) is 43.0 Å². The zero-order chi connectivity index (χ0) is 15.5. The fourth-order valence-corrected chi connectivity index (χ4v) is 2.67. The Balaban J connectivity index is 1.99. The number of carbonyl (C=O) groups is 2. The molecule has 1 saturated carbocycles. The van der Waals surface area contributed by atoms with Crippen molar-refractivity contribution in [2.75, 3.05) is 11.9 Å². The summed E-state index contributed by atoms with van der Waals surface area (Å²) in [5.41, 5.74) is -0.0928. The molecule has 21 heavy (non-hydrogen) atoms. The maximum absolute atomic E-state index is 13.2. The minimum Gasteiger partial charge on any atom is -0.478 e. The van der Waals surface area contributed by atoms with Crippen molar-refractivity contribution in [2.45, 2.75) is 32.6 Å². The number of rotatable bonds is 4. The molecule has 0 aliphatic heterocycles. The third-order valence-electron chi connectivity index (χ3n) is 3.95. The number of benzene rings is 1. The van der Waals surface area contributed by atoms with Crippen molar-refractivity contribution in [2.24, 2.45) is 5.41 Å². The number of carboxylic acids is 1. The molecule has 1 aliphatic carbocycles. The summed E-state index contributed by atoms with van der Waals surface area (Å²) in [5, 5.41) is 14.2. The highest BCUT2D eigenvalue weighted by molar-refractivity contribution is 5.99. The molecule has 3 N–H and O–H groups in total. The molecule has 1 fully saturated rings. The van der Waals surface area contributed by atoms with E-state index in [1.807, 2.05) is 0 Å². The molecule has 1 aromatic rings. The highest BCUT2D eigenvalue weighted by Gasteiger charge is 2.28. The third kappa shape index (κ3) is 3.93. The molecule has 5 nitrogen and oxygen atoms in total. The fraction of sp³-hybridized carbons (Fsp3) is 0.467. The van der Waals surface area contributed by atoms with Gasteiger partial charge in [0, 0.05) is 6.54 Å². The number of halogens is 1. The smallest absolute Gasteiger partial charge is 0.337 e. The Morgan fingerprint density at radius 3 is 2.62 bits per heavy atom. The van der Waals surface area contributed by atoms with Crippen LogP contribution in [0.3, 0.4) is 0 Å². The Kier molecular flexibility index (Phi) is 4.45. The molecule has 2 rings (SSSR count). The van der Waals surface area contributed by atoms with Crippen molar-refractivity contribution < 1.29 is 19.1 Å². The predicted octanol–water partition coefficient (Wildman–Crippen LogP) is 3.23. The molecule has 2 amide bonds. The maximum Gasteiger partial charge on any atom is 0.337 e. The van der Waals surface area contributed by atoms with Gasteiger partial charge < -0.3 is 15.7 Å². The summed E-state index contributed by atoms with van der Waals surface area (Å²) in [6.45, 7) is 2.64. The predicted molar refractivity (Wildman–Crippen MR) is 77.0 cm³/mol. The highest BCUT2D eigenvalue weighted by atomic mass is 19.1. The Hall–Kier alpha value is -2.11. The van der Waals surface area contributed by atoms with E-state index >= 15 is 0 Å². The van der Waals surface area contributed by atoms with Gasteiger partial charge in [0.15, 0.2) is 0 Å². The van der Waals surface area contributed by atoms with E-state index in [-0.39, 0.29) is 16.7 Å². The Labute approximate surface area is 122 Å². The summed E-state index contributed by atoms with van der Waals surface area (Å²) in [5.74, 6) is -1.81. The quantitative estimate of drug-likeness (QED) is 0.797. The number of amides is 2. The molecular formula is C15H19FN2O3. The first-order chi connectivity index (χ1) is 9.89. The molecule has 0 radical (unpaired) electrons. The lowest BCUT2D eigenvalue weighted by atomic mass is 9.89. The molecule has 114 valence electrons. The average molecular weight is 294 g/mol. The number of hydrogen-bond donors (Lipinski definition) is 3. The normalized spacial score (nSPS) is 16.5. The maximum atomic E-state index is 13.2. The van der Waals surface area contributed by atoms with Crippen LogP contribution in [0.5, 0.6) is 0 Å². The molecule has 0 heterocycles. The Morgan fingerprint density at radius 2 is 2.00 bits per heavy atom. The van der Waals surface area contributed by atoms with Crippen molar-refractivity contribution in [3.8, 4) is 0 Å². The second-order valence-corrected chi connectivity index (χ2v) is 5.82. The number of carboxylic acid groups (broad SMARTS) is 1. The van der Waals surface area contributed by atoms with Gasteiger partial charge in [0.2, 0.25) is 0 Å². The van der Waals surface area contributed by atoms with E-state index in [1.54, 1.807) is 0 Å². The van der Waals surface area contributed by atoms with Crippen LogP contribution >= 0.6 is 0 Å². The number of hydrogen-bond acceptors (Lipinski definition) is 2. The monoisotopic (exact) mass is 294 g/mol. The van der Waals surface area contributed by atoms with Gasteiger partial charge in [-0.05, 0) is 36.5 Å². The van der Waals surface area contributed by atoms with Crippen LogP contribution in [0.4, 0.5) is 14.9 Å². The van der Waals surface area contributed by atoms with Crippen LogP contribution in [0.2, 0.25) is 0 Å². The number of aromatic carboxylic acids is 1. The molecule has 1 aliphatic rings. The lowest BCUT2D eigenvalue weighted by molar-refractivity contribution is 0.0698. The van der Waals surface area contributed by atoms with Gasteiger partial charge in [-0.3, -0.25) is 0 Å². The molecule has 1 aromatic carbocycles. The molecule has 0 bridgehead atoms. The first kappa shape index (κ1) is 15.3. The van der Waals surface area contributed by atoms with Crippen LogP contribution in [0, 0.1) is 11.2 Å². The number of nitrogens with one attached hydrogen (secondary N) is 2. The van der Waals surface area contributed by atoms with Gasteiger partial charge in [0.05, 0.1) is 11.3 Å². The molecule has 0 unspecified atom stereocenters. The topological polar surface area (TPSA) is 78.4 Å². The van der Waals surface area contributed by atoms with Gasteiger partial charge in [0.1, 0.15) is 5.82 Å². The SMILES string of the molecule is CC1(CNC(=O)Nc2cc(F)ccc2C(=O)O)CCCC1. The third-order valence-corrected chi connectivity index (χ3v) is 3.95. The van der Waals surface area contributed by atoms with Crippen LogP contribution in [-0.2, 0) is 0 Å². The van der Waals surface area contributed by atoms with E-state index in [1.165, 1.54) is 0 Å². The summed E-state index contributed by atoms with van der Waals surface area (Å²) < 4.78 is 13.2. The standard InChI is InChI=1S/C15H19FN2O3/c1-15(6-2-3-7-15)9-17-14(21)18-12-8-10(16)4-5-11(12)13(19)20/h4-5,8H,2-3,6-7,9H2,1H3,(H,19,20)(H2,17,18,21). The lowest BCUT2D eigenvalue weighted by Gasteiger charge is -2.23. The molecule has 0 spiro atoms. The van der Waals surface area contributed by atoms with Crippen molar-refractivity contribution in [3.05, 3.63) is 29.6 Å². The zero-order valence-corrected chi connectivity index (χ0v) is 11.9. The van der Waals surface area contributed by atoms with Gasteiger partial charge in [-0.15, -0.1) is 0 Å². The second kappa shape index (κ2) is 6.11. The molecule has 0 atom stereocenters. The van der Waals surface area contributed by atoms with Crippen molar-refractivity contribution in [3.63, 3.8) is 0 Å². The average Bonchev–Trinajstić information content (AvgIpc) is 2.84. The summed E-state index contributed by atoms with van der Waals surface area (Å²) in [4.78, 5) is 22.9. The van der Waals surface area contributed by atoms with Gasteiger partial charge in [0.25, 0.3) is 0 Å². The molecular weight excluding hydrogens is 275 g/mol. The van der Waals surface area contributed by atoms with E-state index in [2.05, 4.69) is 17.6 Å². The van der Waals surface area contributed by atoms with Crippen molar-refractivity contribution in [1.29, 1.82) is 0 Å². The summed E-state index contributed by atoms with van der Waals surface area (Å²) in [7, 11) is 0. The largest absolute Gasteiger partial charge is 0.478 e. The van der Waals surface area contributed by atoms with Gasteiger partial charge in [-0.2, -0.15) is 0 Å². The fourth-order valence-electron chi connectivity index (χ4n) is 2.67. The number of anilines is 1. The van der Waals surface area contributed by atoms with Crippen molar-refractivity contribution in [1.82, 2.24) is 5.32 Å². The summed E-state index contributed by atoms with van der Waals surface area (Å²) in [6.07, 6.45) is 4.45. The minimum absolute atomic E-state index is 0.0448. The van der Waals surface area contributed by atoms with E-state index < -0.39 is 17.8 Å². The molecule has 6 heteroatoms. The first-order valence-corrected chi connectivity index (χ1v) is 6.97. The molecule has 0 aromatic heterocycles. The summed E-state index contributed by atoms with van der Waals surface area (Å²) in [6, 6.07) is 2.66. The van der Waals surface area contributed by atoms with Crippen LogP contribution in [0.15, 0.2) is 18.2 Å². The molecule has 0 saturated heterocycles. The zero-order valence-electron chi connectivity index (χ0n) is 11.9. The summed E-state index contributed by atoms with van der Waals surface area (Å²) >= 11 is 0. The van der Waals surface area contributed by atoms with Crippen LogP contribution in [0.25, 0.3) is 0 Å². The van der Waals surface area contributed by atoms with E-state index in [9.17, 15) is 14.0 Å². The van der Waals surface area contributed by atoms with E-state index in [0.29, 0.717) is 6.54 Å². The van der Waals surface area contributed by atoms with Crippen LogP contribution < -0.4 is 10.6 Å². The van der Waals surface area contributed by atoms with E-state index in [0.717, 1.165) is 43.9 Å². The highest BCUT2D eigenvalue weighted by Crippen LogP contribution is 2.36. The Bertz CT molecular complexity index is 554. The lowest BCUT2D eigenvalue weighted by Crippen LogP contribution is -2.37. The first-order valence-electron chi connectivity index (χ1n) is 6.97. The van der Waals surface area contributed by atoms with Gasteiger partial charge in [-0.25, -0.2) is 14.0 Å². The Morgan fingerprint density at radius 1 is 1.33 bits per heavy atom. The van der Waals surface area contributed by atoms with E-state index in [4.69, 9.17) is 5.11 Å². The van der Waals surface area contributed by atoms with Gasteiger partial charge in [-0.1, -0.05) is 19.8 Å². The number of urea groups is 1. The van der Waals surface area contributed by atoms with Gasteiger partial charge >= 0.3 is 12.0 Å². The van der Waals surface area contributed by atoms with Crippen molar-refractivity contribution >= 4 is 17.7 Å². The minimum atomic E-state index is -1.21. The van der Waals surface area contributed by atoms with Crippen LogP contribution in [-0.4, -0.2) is 23.7 Å².